The van der Waals surface area contributed by atoms with Gasteiger partial charge in [0.1, 0.15) is 0 Å². The summed E-state index contributed by atoms with van der Waals surface area (Å²) in [5, 5.41) is 22.5. The number of carbonyl (C=O) groups is 2. The summed E-state index contributed by atoms with van der Waals surface area (Å²) in [7, 11) is 0. The molecule has 0 spiro atoms. The van der Waals surface area contributed by atoms with Crippen molar-refractivity contribution in [3.8, 4) is 0 Å². The number of benzene rings is 2. The fraction of sp³-hybridized carbons (Fsp3) is 0.176. The molecule has 0 bridgehead atoms. The molecule has 0 aliphatic rings. The number of carboxylic acids is 1. The summed E-state index contributed by atoms with van der Waals surface area (Å²) in [6.07, 6.45) is 0.471. The van der Waals surface area contributed by atoms with Gasteiger partial charge in [-0.2, -0.15) is 0 Å². The second-order valence-corrected chi connectivity index (χ2v) is 5.35. The van der Waals surface area contributed by atoms with Crippen LogP contribution in [-0.2, 0) is 6.42 Å². The molecule has 7 heteroatoms. The molecule has 0 aromatic heterocycles. The first kappa shape index (κ1) is 17.1. The maximum atomic E-state index is 12.3. The summed E-state index contributed by atoms with van der Waals surface area (Å²) in [5.41, 5.74) is 0.879. The largest absolute Gasteiger partial charge is 0.478 e. The average molecular weight is 328 g/mol. The Hall–Kier alpha value is -3.22. The van der Waals surface area contributed by atoms with Crippen LogP contribution in [0.5, 0.6) is 0 Å². The quantitative estimate of drug-likeness (QED) is 0.626. The van der Waals surface area contributed by atoms with Crippen LogP contribution in [0.1, 0.15) is 33.2 Å². The van der Waals surface area contributed by atoms with Crippen LogP contribution in [0.3, 0.4) is 0 Å². The van der Waals surface area contributed by atoms with Crippen molar-refractivity contribution in [1.82, 2.24) is 5.32 Å². The highest BCUT2D eigenvalue weighted by atomic mass is 16.6. The molecular formula is C17H16N2O5. The first-order chi connectivity index (χ1) is 11.4. The van der Waals surface area contributed by atoms with Crippen LogP contribution >= 0.6 is 0 Å². The van der Waals surface area contributed by atoms with Crippen LogP contribution in [0, 0.1) is 10.1 Å². The van der Waals surface area contributed by atoms with E-state index in [0.717, 1.165) is 5.56 Å². The summed E-state index contributed by atoms with van der Waals surface area (Å²) < 4.78 is 0. The number of nitrogens with zero attached hydrogens (tertiary/aromatic N) is 1. The molecular weight excluding hydrogens is 312 g/mol. The predicted octanol–water partition coefficient (Wildman–Crippen LogP) is 2.65. The number of hydrogen-bond acceptors (Lipinski definition) is 4. The van der Waals surface area contributed by atoms with Crippen molar-refractivity contribution in [3.63, 3.8) is 0 Å². The Bertz CT molecular complexity index is 771. The van der Waals surface area contributed by atoms with E-state index in [-0.39, 0.29) is 22.9 Å². The first-order valence-electron chi connectivity index (χ1n) is 7.25. The molecule has 0 saturated heterocycles. The van der Waals surface area contributed by atoms with Gasteiger partial charge in [0.05, 0.1) is 16.1 Å². The highest BCUT2D eigenvalue weighted by molar-refractivity contribution is 6.04. The summed E-state index contributed by atoms with van der Waals surface area (Å²) >= 11 is 0. The fourth-order valence-electron chi connectivity index (χ4n) is 2.33. The SMILES string of the molecule is CC(Cc1ccc([N+](=O)[O-])cc1)NC(=O)c1ccccc1C(=O)O. The van der Waals surface area contributed by atoms with E-state index in [1.165, 1.54) is 24.3 Å². The molecule has 1 amide bonds. The number of rotatable bonds is 6. The Morgan fingerprint density at radius 2 is 1.71 bits per heavy atom. The van der Waals surface area contributed by atoms with Crippen molar-refractivity contribution < 1.29 is 19.6 Å². The minimum Gasteiger partial charge on any atom is -0.478 e. The normalized spacial score (nSPS) is 11.5. The summed E-state index contributed by atoms with van der Waals surface area (Å²) in [6.45, 7) is 1.78. The Morgan fingerprint density at radius 3 is 2.25 bits per heavy atom. The molecule has 7 nitrogen and oxygen atoms in total. The van der Waals surface area contributed by atoms with Gasteiger partial charge in [0.25, 0.3) is 11.6 Å². The Balaban J connectivity index is 2.04. The number of non-ortho nitro benzene ring substituents is 1. The lowest BCUT2D eigenvalue weighted by atomic mass is 10.0. The third kappa shape index (κ3) is 4.16. The Morgan fingerprint density at radius 1 is 1.12 bits per heavy atom. The zero-order chi connectivity index (χ0) is 17.7. The van der Waals surface area contributed by atoms with E-state index in [1.807, 2.05) is 0 Å². The van der Waals surface area contributed by atoms with E-state index in [2.05, 4.69) is 5.32 Å². The van der Waals surface area contributed by atoms with Crippen LogP contribution in [-0.4, -0.2) is 27.9 Å². The number of aromatic carboxylic acids is 1. The lowest BCUT2D eigenvalue weighted by molar-refractivity contribution is -0.384. The fourth-order valence-corrected chi connectivity index (χ4v) is 2.33. The van der Waals surface area contributed by atoms with Gasteiger partial charge < -0.3 is 10.4 Å². The van der Waals surface area contributed by atoms with E-state index in [0.29, 0.717) is 6.42 Å². The molecule has 1 atom stereocenters. The number of hydrogen-bond donors (Lipinski definition) is 2. The maximum absolute atomic E-state index is 12.3. The van der Waals surface area contributed by atoms with Crippen LogP contribution < -0.4 is 5.32 Å². The summed E-state index contributed by atoms with van der Waals surface area (Å²) in [5.74, 6) is -1.63. The molecule has 2 N–H and O–H groups in total. The highest BCUT2D eigenvalue weighted by Gasteiger charge is 2.17. The van der Waals surface area contributed by atoms with E-state index < -0.39 is 16.8 Å². The van der Waals surface area contributed by atoms with Gasteiger partial charge in [-0.05, 0) is 31.0 Å². The van der Waals surface area contributed by atoms with Crippen molar-refractivity contribution in [3.05, 3.63) is 75.3 Å². The van der Waals surface area contributed by atoms with Crippen molar-refractivity contribution >= 4 is 17.6 Å². The summed E-state index contributed by atoms with van der Waals surface area (Å²) in [4.78, 5) is 33.6. The van der Waals surface area contributed by atoms with Gasteiger partial charge in [-0.3, -0.25) is 14.9 Å². The minimum absolute atomic E-state index is 0.00539. The molecule has 0 aliphatic heterocycles. The standard InChI is InChI=1S/C17H16N2O5/c1-11(10-12-6-8-13(9-7-12)19(23)24)18-16(20)14-4-2-3-5-15(14)17(21)22/h2-9,11H,10H2,1H3,(H,18,20)(H,21,22). The van der Waals surface area contributed by atoms with Gasteiger partial charge in [0.2, 0.25) is 0 Å². The second-order valence-electron chi connectivity index (χ2n) is 5.35. The van der Waals surface area contributed by atoms with Crippen LogP contribution in [0.25, 0.3) is 0 Å². The third-order valence-electron chi connectivity index (χ3n) is 3.47. The molecule has 1 unspecified atom stereocenters. The third-order valence-corrected chi connectivity index (χ3v) is 3.47. The van der Waals surface area contributed by atoms with Crippen LogP contribution in [0.4, 0.5) is 5.69 Å². The minimum atomic E-state index is -1.16. The second kappa shape index (κ2) is 7.36. The first-order valence-corrected chi connectivity index (χ1v) is 7.25. The van der Waals surface area contributed by atoms with Crippen LogP contribution in [0.15, 0.2) is 48.5 Å². The number of nitrogens with one attached hydrogen (secondary N) is 1. The lowest BCUT2D eigenvalue weighted by Gasteiger charge is -2.15. The van der Waals surface area contributed by atoms with Gasteiger partial charge >= 0.3 is 5.97 Å². The molecule has 0 radical (unpaired) electrons. The molecule has 0 fully saturated rings. The van der Waals surface area contributed by atoms with Gasteiger partial charge in [-0.25, -0.2) is 4.79 Å². The Labute approximate surface area is 138 Å². The average Bonchev–Trinajstić information content (AvgIpc) is 2.55. The van der Waals surface area contributed by atoms with Crippen LogP contribution in [0.2, 0.25) is 0 Å². The van der Waals surface area contributed by atoms with Crippen molar-refractivity contribution in [2.45, 2.75) is 19.4 Å². The number of amides is 1. The van der Waals surface area contributed by atoms with Crippen molar-refractivity contribution in [2.75, 3.05) is 0 Å². The zero-order valence-electron chi connectivity index (χ0n) is 12.9. The molecule has 24 heavy (non-hydrogen) atoms. The van der Waals surface area contributed by atoms with Gasteiger partial charge in [0, 0.05) is 18.2 Å². The Kier molecular flexibility index (Phi) is 5.26. The number of nitro benzene ring substituents is 1. The topological polar surface area (TPSA) is 110 Å². The van der Waals surface area contributed by atoms with E-state index >= 15 is 0 Å². The molecule has 2 aromatic carbocycles. The number of carboxylic acid groups (broad SMARTS) is 1. The van der Waals surface area contributed by atoms with Gasteiger partial charge in [-0.15, -0.1) is 0 Å². The number of carbonyl (C=O) groups excluding carboxylic acids is 1. The van der Waals surface area contributed by atoms with Crippen molar-refractivity contribution in [1.29, 1.82) is 0 Å². The zero-order valence-corrected chi connectivity index (χ0v) is 12.9. The lowest BCUT2D eigenvalue weighted by Crippen LogP contribution is -2.35. The van der Waals surface area contributed by atoms with E-state index in [1.54, 1.807) is 31.2 Å². The number of nitro groups is 1. The van der Waals surface area contributed by atoms with Gasteiger partial charge in [-0.1, -0.05) is 24.3 Å². The molecule has 2 aromatic rings. The molecule has 0 heterocycles. The highest BCUT2D eigenvalue weighted by Crippen LogP contribution is 2.14. The molecule has 0 aliphatic carbocycles. The van der Waals surface area contributed by atoms with E-state index in [9.17, 15) is 19.7 Å². The molecule has 0 saturated carbocycles. The summed E-state index contributed by atoms with van der Waals surface area (Å²) in [6, 6.07) is 11.8. The predicted molar refractivity (Wildman–Crippen MR) is 87.1 cm³/mol. The van der Waals surface area contributed by atoms with Crippen molar-refractivity contribution in [2.24, 2.45) is 0 Å². The maximum Gasteiger partial charge on any atom is 0.336 e. The monoisotopic (exact) mass is 328 g/mol. The van der Waals surface area contributed by atoms with Gasteiger partial charge in [0.15, 0.2) is 0 Å². The van der Waals surface area contributed by atoms with E-state index in [4.69, 9.17) is 5.11 Å². The molecule has 124 valence electrons. The molecule has 2 rings (SSSR count). The smallest absolute Gasteiger partial charge is 0.336 e.